The monoisotopic (exact) mass is 257 g/mol. The molecule has 17 heavy (non-hydrogen) atoms. The van der Waals surface area contributed by atoms with Gasteiger partial charge >= 0.3 is 0 Å². The summed E-state index contributed by atoms with van der Waals surface area (Å²) < 4.78 is 0. The maximum Gasteiger partial charge on any atom is 0.0914 e. The molecular formula is C13H20ClNO2. The molecule has 0 bridgehead atoms. The first-order valence-corrected chi connectivity index (χ1v) is 6.20. The van der Waals surface area contributed by atoms with Gasteiger partial charge in [-0.3, -0.25) is 0 Å². The van der Waals surface area contributed by atoms with Crippen LogP contribution in [0.3, 0.4) is 0 Å². The summed E-state index contributed by atoms with van der Waals surface area (Å²) in [7, 11) is 0. The van der Waals surface area contributed by atoms with Crippen molar-refractivity contribution in [2.45, 2.75) is 26.0 Å². The molecule has 0 radical (unpaired) electrons. The molecule has 0 saturated carbocycles. The minimum absolute atomic E-state index is 0.0111. The van der Waals surface area contributed by atoms with E-state index in [1.807, 2.05) is 13.8 Å². The molecule has 2 atom stereocenters. The fourth-order valence-electron chi connectivity index (χ4n) is 1.58. The number of aliphatic hydroxyl groups is 2. The van der Waals surface area contributed by atoms with Gasteiger partial charge in [0.05, 0.1) is 12.7 Å². The molecule has 1 aromatic carbocycles. The number of hydrogen-bond donors (Lipinski definition) is 3. The van der Waals surface area contributed by atoms with E-state index < -0.39 is 6.10 Å². The van der Waals surface area contributed by atoms with Gasteiger partial charge in [-0.05, 0) is 23.6 Å². The Balaban J connectivity index is 2.49. The highest BCUT2D eigenvalue weighted by Crippen LogP contribution is 2.16. The minimum atomic E-state index is -0.583. The highest BCUT2D eigenvalue weighted by molar-refractivity contribution is 6.30. The Kier molecular flexibility index (Phi) is 5.92. The zero-order valence-corrected chi connectivity index (χ0v) is 11.0. The number of nitrogens with one attached hydrogen (secondary N) is 1. The lowest BCUT2D eigenvalue weighted by Crippen LogP contribution is -2.39. The Morgan fingerprint density at radius 1 is 1.24 bits per heavy atom. The molecule has 0 aromatic heterocycles. The van der Waals surface area contributed by atoms with Crippen LogP contribution in [0.2, 0.25) is 5.02 Å². The van der Waals surface area contributed by atoms with Crippen molar-refractivity contribution in [3.05, 3.63) is 34.9 Å². The van der Waals surface area contributed by atoms with Gasteiger partial charge in [-0.1, -0.05) is 37.6 Å². The van der Waals surface area contributed by atoms with Crippen LogP contribution in [0.25, 0.3) is 0 Å². The van der Waals surface area contributed by atoms with Crippen LogP contribution in [0.4, 0.5) is 0 Å². The Morgan fingerprint density at radius 2 is 1.82 bits per heavy atom. The van der Waals surface area contributed by atoms with Crippen LogP contribution in [-0.2, 0) is 0 Å². The molecule has 0 heterocycles. The summed E-state index contributed by atoms with van der Waals surface area (Å²) in [5.41, 5.74) is 0.822. The average Bonchev–Trinajstić information content (AvgIpc) is 2.30. The summed E-state index contributed by atoms with van der Waals surface area (Å²) in [6, 6.07) is 7.13. The molecule has 0 aliphatic carbocycles. The lowest BCUT2D eigenvalue weighted by molar-refractivity contribution is 0.148. The van der Waals surface area contributed by atoms with Crippen LogP contribution in [-0.4, -0.2) is 29.4 Å². The summed E-state index contributed by atoms with van der Waals surface area (Å²) in [5, 5.41) is 22.9. The average molecular weight is 258 g/mol. The molecule has 96 valence electrons. The molecule has 0 saturated heterocycles. The summed E-state index contributed by atoms with van der Waals surface area (Å²) in [6.07, 6.45) is -0.583. The lowest BCUT2D eigenvalue weighted by atomic mass is 10.0. The molecule has 1 aromatic rings. The fraction of sp³-hybridized carbons (Fsp3) is 0.538. The van der Waals surface area contributed by atoms with Crippen LogP contribution in [0.5, 0.6) is 0 Å². The number of aliphatic hydroxyl groups excluding tert-OH is 2. The molecule has 0 amide bonds. The first-order chi connectivity index (χ1) is 8.04. The summed E-state index contributed by atoms with van der Waals surface area (Å²) in [6.45, 7) is 4.56. The third-order valence-electron chi connectivity index (χ3n) is 2.83. The van der Waals surface area contributed by atoms with Crippen LogP contribution in [0, 0.1) is 5.92 Å². The van der Waals surface area contributed by atoms with Crippen LogP contribution < -0.4 is 5.32 Å². The van der Waals surface area contributed by atoms with E-state index in [-0.39, 0.29) is 12.6 Å². The molecule has 0 aliphatic heterocycles. The van der Waals surface area contributed by atoms with Crippen molar-refractivity contribution in [3.63, 3.8) is 0 Å². The van der Waals surface area contributed by atoms with Crippen molar-refractivity contribution in [1.82, 2.24) is 5.32 Å². The van der Waals surface area contributed by atoms with Crippen molar-refractivity contribution < 1.29 is 10.2 Å². The second-order valence-electron chi connectivity index (χ2n) is 4.51. The minimum Gasteiger partial charge on any atom is -0.395 e. The number of halogens is 1. The Labute approximate surface area is 107 Å². The molecule has 4 heteroatoms. The second-order valence-corrected chi connectivity index (χ2v) is 4.95. The zero-order valence-electron chi connectivity index (χ0n) is 10.2. The van der Waals surface area contributed by atoms with E-state index in [2.05, 4.69) is 5.32 Å². The molecule has 0 fully saturated rings. The maximum atomic E-state index is 9.95. The van der Waals surface area contributed by atoms with Gasteiger partial charge in [0.2, 0.25) is 0 Å². The smallest absolute Gasteiger partial charge is 0.0914 e. The molecule has 1 unspecified atom stereocenters. The van der Waals surface area contributed by atoms with Gasteiger partial charge in [-0.25, -0.2) is 0 Å². The van der Waals surface area contributed by atoms with Gasteiger partial charge < -0.3 is 15.5 Å². The van der Waals surface area contributed by atoms with Crippen LogP contribution >= 0.6 is 11.6 Å². The van der Waals surface area contributed by atoms with Gasteiger partial charge in [-0.15, -0.1) is 0 Å². The van der Waals surface area contributed by atoms with Gasteiger partial charge in [0.25, 0.3) is 0 Å². The Morgan fingerprint density at radius 3 is 2.29 bits per heavy atom. The van der Waals surface area contributed by atoms with E-state index >= 15 is 0 Å². The third-order valence-corrected chi connectivity index (χ3v) is 3.08. The normalized spacial score (nSPS) is 14.9. The van der Waals surface area contributed by atoms with Crippen molar-refractivity contribution in [1.29, 1.82) is 0 Å². The molecule has 0 spiro atoms. The standard InChI is InChI=1S/C13H20ClNO2/c1-9(2)12(8-16)15-7-13(17)10-3-5-11(14)6-4-10/h3-6,9,12-13,15-17H,7-8H2,1-2H3/t12-,13?/m1/s1. The first kappa shape index (κ1) is 14.5. The molecule has 0 aliphatic rings. The third kappa shape index (κ3) is 4.64. The second kappa shape index (κ2) is 6.97. The van der Waals surface area contributed by atoms with Crippen molar-refractivity contribution in [3.8, 4) is 0 Å². The van der Waals surface area contributed by atoms with E-state index in [1.165, 1.54) is 0 Å². The Hall–Kier alpha value is -0.610. The topological polar surface area (TPSA) is 52.5 Å². The molecule has 1 rings (SSSR count). The SMILES string of the molecule is CC(C)[C@@H](CO)NCC(O)c1ccc(Cl)cc1. The number of rotatable bonds is 6. The summed E-state index contributed by atoms with van der Waals surface area (Å²) in [4.78, 5) is 0. The fourth-order valence-corrected chi connectivity index (χ4v) is 1.70. The number of hydrogen-bond acceptors (Lipinski definition) is 3. The van der Waals surface area contributed by atoms with Gasteiger partial charge in [-0.2, -0.15) is 0 Å². The quantitative estimate of drug-likeness (QED) is 0.731. The van der Waals surface area contributed by atoms with Gasteiger partial charge in [0.1, 0.15) is 0 Å². The largest absolute Gasteiger partial charge is 0.395 e. The van der Waals surface area contributed by atoms with E-state index in [1.54, 1.807) is 24.3 Å². The van der Waals surface area contributed by atoms with E-state index in [0.717, 1.165) is 5.56 Å². The lowest BCUT2D eigenvalue weighted by Gasteiger charge is -2.22. The van der Waals surface area contributed by atoms with Crippen molar-refractivity contribution >= 4 is 11.6 Å². The maximum absolute atomic E-state index is 9.95. The molecule has 3 N–H and O–H groups in total. The first-order valence-electron chi connectivity index (χ1n) is 5.82. The predicted molar refractivity (Wildman–Crippen MR) is 70.1 cm³/mol. The van der Waals surface area contributed by atoms with Crippen LogP contribution in [0.1, 0.15) is 25.5 Å². The van der Waals surface area contributed by atoms with Crippen molar-refractivity contribution in [2.24, 2.45) is 5.92 Å². The van der Waals surface area contributed by atoms with Gasteiger partial charge in [0, 0.05) is 17.6 Å². The van der Waals surface area contributed by atoms with Gasteiger partial charge in [0.15, 0.2) is 0 Å². The summed E-state index contributed by atoms with van der Waals surface area (Å²) in [5.74, 6) is 0.331. The van der Waals surface area contributed by atoms with E-state index in [0.29, 0.717) is 17.5 Å². The zero-order chi connectivity index (χ0) is 12.8. The molecule has 3 nitrogen and oxygen atoms in total. The van der Waals surface area contributed by atoms with Crippen molar-refractivity contribution in [2.75, 3.05) is 13.2 Å². The highest BCUT2D eigenvalue weighted by Gasteiger charge is 2.14. The highest BCUT2D eigenvalue weighted by atomic mass is 35.5. The van der Waals surface area contributed by atoms with Crippen LogP contribution in [0.15, 0.2) is 24.3 Å². The predicted octanol–water partition coefficient (Wildman–Crippen LogP) is 1.98. The van der Waals surface area contributed by atoms with E-state index in [9.17, 15) is 5.11 Å². The molecular weight excluding hydrogens is 238 g/mol. The summed E-state index contributed by atoms with van der Waals surface area (Å²) >= 11 is 5.78. The Bertz CT molecular complexity index is 327. The van der Waals surface area contributed by atoms with E-state index in [4.69, 9.17) is 16.7 Å². The number of benzene rings is 1.